The molecule has 0 saturated heterocycles. The Bertz CT molecular complexity index is 730. The molecule has 23 heavy (non-hydrogen) atoms. The largest absolute Gasteiger partial charge is 0.385 e. The van der Waals surface area contributed by atoms with Crippen LogP contribution in [0.5, 0.6) is 0 Å². The van der Waals surface area contributed by atoms with Crippen LogP contribution in [-0.4, -0.2) is 18.1 Å². The first-order chi connectivity index (χ1) is 10.9. The third-order valence-corrected chi connectivity index (χ3v) is 3.52. The Hall–Kier alpha value is -2.82. The Morgan fingerprint density at radius 2 is 1.87 bits per heavy atom. The third kappa shape index (κ3) is 3.69. The summed E-state index contributed by atoms with van der Waals surface area (Å²) in [6, 6.07) is 6.16. The first-order valence-electron chi connectivity index (χ1n) is 7.54. The Morgan fingerprint density at radius 3 is 2.43 bits per heavy atom. The molecular formula is C18H23N5. The van der Waals surface area contributed by atoms with Gasteiger partial charge in [0.1, 0.15) is 11.6 Å². The van der Waals surface area contributed by atoms with Crippen LogP contribution in [0.4, 0.5) is 0 Å². The van der Waals surface area contributed by atoms with Crippen LogP contribution in [0.25, 0.3) is 0 Å². The number of allylic oxidation sites excluding steroid dienone is 1. The number of nitrogens with one attached hydrogen (secondary N) is 1. The minimum absolute atomic E-state index is 0.196. The Balaban J connectivity index is 2.57. The van der Waals surface area contributed by atoms with Gasteiger partial charge in [0, 0.05) is 12.1 Å². The number of hydrogen-bond acceptors (Lipinski definition) is 4. The Labute approximate surface area is 137 Å². The molecule has 0 saturated carbocycles. The SMILES string of the molecule is C=C(N)/N=C1/N=C(c2c(C)cccc2C)C=C/C1=C(/N)NCC. The lowest BCUT2D eigenvalue weighted by atomic mass is 9.96. The molecule has 5 N–H and O–H groups in total. The maximum absolute atomic E-state index is 6.07. The molecule has 1 aliphatic rings. The predicted molar refractivity (Wildman–Crippen MR) is 97.2 cm³/mol. The summed E-state index contributed by atoms with van der Waals surface area (Å²) >= 11 is 0. The zero-order valence-electron chi connectivity index (χ0n) is 13.9. The zero-order chi connectivity index (χ0) is 17.0. The van der Waals surface area contributed by atoms with Crippen molar-refractivity contribution in [2.45, 2.75) is 20.8 Å². The fraction of sp³-hybridized carbons (Fsp3) is 0.222. The fourth-order valence-electron chi connectivity index (χ4n) is 2.52. The summed E-state index contributed by atoms with van der Waals surface area (Å²) in [5, 5.41) is 3.08. The summed E-state index contributed by atoms with van der Waals surface area (Å²) < 4.78 is 0. The second kappa shape index (κ2) is 6.96. The van der Waals surface area contributed by atoms with E-state index in [1.807, 2.05) is 25.1 Å². The van der Waals surface area contributed by atoms with Crippen molar-refractivity contribution in [2.24, 2.45) is 21.5 Å². The van der Waals surface area contributed by atoms with E-state index in [-0.39, 0.29) is 5.82 Å². The zero-order valence-corrected chi connectivity index (χ0v) is 13.9. The van der Waals surface area contributed by atoms with Crippen LogP contribution in [0.3, 0.4) is 0 Å². The van der Waals surface area contributed by atoms with Crippen LogP contribution in [-0.2, 0) is 0 Å². The standard InChI is InChI=1S/C18H23N5/c1-5-21-17(20)14-9-10-15(23-18(14)22-13(4)19)16-11(2)7-6-8-12(16)3/h6-10,21H,4-5,19-20H2,1-3H3/b17-14+,22-18+. The van der Waals surface area contributed by atoms with Crippen LogP contribution >= 0.6 is 0 Å². The molecule has 0 amide bonds. The minimum atomic E-state index is 0.196. The molecule has 2 rings (SSSR count). The van der Waals surface area contributed by atoms with Gasteiger partial charge in [0.25, 0.3) is 0 Å². The van der Waals surface area contributed by atoms with Crippen molar-refractivity contribution in [3.05, 3.63) is 70.8 Å². The Morgan fingerprint density at radius 1 is 1.22 bits per heavy atom. The lowest BCUT2D eigenvalue weighted by Gasteiger charge is -2.17. The maximum Gasteiger partial charge on any atom is 0.165 e. The van der Waals surface area contributed by atoms with Gasteiger partial charge in [-0.3, -0.25) is 0 Å². The number of benzene rings is 1. The molecule has 120 valence electrons. The van der Waals surface area contributed by atoms with Gasteiger partial charge in [-0.25, -0.2) is 9.98 Å². The molecule has 1 heterocycles. The van der Waals surface area contributed by atoms with Crippen molar-refractivity contribution in [3.8, 4) is 0 Å². The number of amidine groups is 1. The Kier molecular flexibility index (Phi) is 5.01. The normalized spacial score (nSPS) is 17.9. The summed E-state index contributed by atoms with van der Waals surface area (Å²) in [6.07, 6.45) is 3.86. The third-order valence-electron chi connectivity index (χ3n) is 3.52. The molecule has 0 aliphatic carbocycles. The van der Waals surface area contributed by atoms with E-state index < -0.39 is 0 Å². The summed E-state index contributed by atoms with van der Waals surface area (Å²) in [5.74, 6) is 1.19. The van der Waals surface area contributed by atoms with Gasteiger partial charge in [0.15, 0.2) is 5.84 Å². The highest BCUT2D eigenvalue weighted by Crippen LogP contribution is 2.20. The van der Waals surface area contributed by atoms with Gasteiger partial charge in [-0.2, -0.15) is 0 Å². The molecule has 0 fully saturated rings. The van der Waals surface area contributed by atoms with Crippen LogP contribution in [0.15, 0.2) is 64.1 Å². The highest BCUT2D eigenvalue weighted by molar-refractivity contribution is 6.22. The van der Waals surface area contributed by atoms with E-state index >= 15 is 0 Å². The lowest BCUT2D eigenvalue weighted by Crippen LogP contribution is -2.25. The summed E-state index contributed by atoms with van der Waals surface area (Å²) in [5.41, 5.74) is 16.7. The second-order valence-electron chi connectivity index (χ2n) is 5.38. The maximum atomic E-state index is 6.07. The molecule has 5 heteroatoms. The number of rotatable bonds is 4. The van der Waals surface area contributed by atoms with E-state index in [4.69, 9.17) is 11.5 Å². The van der Waals surface area contributed by atoms with E-state index in [2.05, 4.69) is 47.9 Å². The molecule has 1 aromatic carbocycles. The van der Waals surface area contributed by atoms with Gasteiger partial charge in [0.2, 0.25) is 0 Å². The summed E-state index contributed by atoms with van der Waals surface area (Å²) in [7, 11) is 0. The molecule has 1 aromatic rings. The number of nitrogens with zero attached hydrogens (tertiary/aromatic N) is 2. The molecule has 0 spiro atoms. The molecule has 0 unspecified atom stereocenters. The highest BCUT2D eigenvalue weighted by atomic mass is 15.0. The predicted octanol–water partition coefficient (Wildman–Crippen LogP) is 2.27. The lowest BCUT2D eigenvalue weighted by molar-refractivity contribution is 0.835. The van der Waals surface area contributed by atoms with Gasteiger partial charge in [-0.15, -0.1) is 0 Å². The number of aliphatic imine (C=N–C) groups is 2. The van der Waals surface area contributed by atoms with Crippen LogP contribution in [0.2, 0.25) is 0 Å². The van der Waals surface area contributed by atoms with Crippen molar-refractivity contribution in [2.75, 3.05) is 6.54 Å². The number of aryl methyl sites for hydroxylation is 2. The average molecular weight is 309 g/mol. The van der Waals surface area contributed by atoms with E-state index in [0.29, 0.717) is 23.8 Å². The number of hydrogen-bond donors (Lipinski definition) is 3. The quantitative estimate of drug-likeness (QED) is 0.797. The van der Waals surface area contributed by atoms with Gasteiger partial charge in [-0.05, 0) is 44.1 Å². The van der Waals surface area contributed by atoms with E-state index in [1.54, 1.807) is 0 Å². The van der Waals surface area contributed by atoms with Crippen molar-refractivity contribution in [1.82, 2.24) is 5.32 Å². The van der Waals surface area contributed by atoms with Gasteiger partial charge >= 0.3 is 0 Å². The molecule has 0 bridgehead atoms. The van der Waals surface area contributed by atoms with Crippen molar-refractivity contribution in [3.63, 3.8) is 0 Å². The number of dihydropyridines is 1. The second-order valence-corrected chi connectivity index (χ2v) is 5.38. The van der Waals surface area contributed by atoms with E-state index in [0.717, 1.165) is 22.4 Å². The van der Waals surface area contributed by atoms with Gasteiger partial charge in [0.05, 0.1) is 11.3 Å². The number of nitrogens with two attached hydrogens (primary N) is 2. The monoisotopic (exact) mass is 309 g/mol. The molecular weight excluding hydrogens is 286 g/mol. The summed E-state index contributed by atoms with van der Waals surface area (Å²) in [6.45, 7) is 10.5. The smallest absolute Gasteiger partial charge is 0.165 e. The van der Waals surface area contributed by atoms with Crippen LogP contribution in [0.1, 0.15) is 23.6 Å². The van der Waals surface area contributed by atoms with Crippen LogP contribution < -0.4 is 16.8 Å². The van der Waals surface area contributed by atoms with E-state index in [9.17, 15) is 0 Å². The molecule has 0 atom stereocenters. The van der Waals surface area contributed by atoms with Crippen LogP contribution in [0, 0.1) is 13.8 Å². The molecule has 5 nitrogen and oxygen atoms in total. The molecule has 0 aromatic heterocycles. The summed E-state index contributed by atoms with van der Waals surface area (Å²) in [4.78, 5) is 8.90. The molecule has 1 aliphatic heterocycles. The van der Waals surface area contributed by atoms with Gasteiger partial charge < -0.3 is 16.8 Å². The fourth-order valence-corrected chi connectivity index (χ4v) is 2.52. The van der Waals surface area contributed by atoms with Crippen molar-refractivity contribution >= 4 is 11.5 Å². The topological polar surface area (TPSA) is 88.8 Å². The van der Waals surface area contributed by atoms with Crippen molar-refractivity contribution in [1.29, 1.82) is 0 Å². The average Bonchev–Trinajstić information content (AvgIpc) is 2.47. The van der Waals surface area contributed by atoms with Crippen molar-refractivity contribution < 1.29 is 0 Å². The highest BCUT2D eigenvalue weighted by Gasteiger charge is 2.17. The first-order valence-corrected chi connectivity index (χ1v) is 7.54. The van der Waals surface area contributed by atoms with Gasteiger partial charge in [-0.1, -0.05) is 24.8 Å². The van der Waals surface area contributed by atoms with E-state index in [1.165, 1.54) is 0 Å². The first kappa shape index (κ1) is 16.5. The minimum Gasteiger partial charge on any atom is -0.385 e. The molecule has 0 radical (unpaired) electrons.